The number of benzene rings is 2. The Bertz CT molecular complexity index is 807. The molecule has 0 bridgehead atoms. The van der Waals surface area contributed by atoms with Crippen molar-refractivity contribution in [2.24, 2.45) is 10.7 Å². The van der Waals surface area contributed by atoms with Gasteiger partial charge in [0.05, 0.1) is 26.5 Å². The van der Waals surface area contributed by atoms with Crippen LogP contribution >= 0.6 is 0 Å². The number of anilines is 1. The van der Waals surface area contributed by atoms with Crippen LogP contribution in [0.4, 0.5) is 5.69 Å². The van der Waals surface area contributed by atoms with E-state index < -0.39 is 0 Å². The van der Waals surface area contributed by atoms with Crippen LogP contribution in [0.2, 0.25) is 0 Å². The quantitative estimate of drug-likeness (QED) is 0.606. The first-order chi connectivity index (χ1) is 13.1. The molecule has 0 spiro atoms. The Morgan fingerprint density at radius 1 is 1.19 bits per heavy atom. The Morgan fingerprint density at radius 3 is 2.70 bits per heavy atom. The fourth-order valence-corrected chi connectivity index (χ4v) is 3.33. The van der Waals surface area contributed by atoms with Crippen LogP contribution in [0.5, 0.6) is 11.5 Å². The average Bonchev–Trinajstić information content (AvgIpc) is 2.71. The highest BCUT2D eigenvalue weighted by Gasteiger charge is 2.20. The third-order valence-corrected chi connectivity index (χ3v) is 4.98. The molecule has 144 valence electrons. The van der Waals surface area contributed by atoms with E-state index >= 15 is 0 Å². The molecule has 0 fully saturated rings. The van der Waals surface area contributed by atoms with Gasteiger partial charge >= 0.3 is 0 Å². The monoisotopic (exact) mass is 368 g/mol. The number of rotatable bonds is 6. The van der Waals surface area contributed by atoms with E-state index in [4.69, 9.17) is 15.2 Å². The number of fused-ring (bicyclic) bond motifs is 1. The normalized spacial score (nSPS) is 15.7. The van der Waals surface area contributed by atoms with Gasteiger partial charge < -0.3 is 20.5 Å². The van der Waals surface area contributed by atoms with Gasteiger partial charge in [0.15, 0.2) is 5.96 Å². The molecular weight excluding hydrogens is 340 g/mol. The van der Waals surface area contributed by atoms with Crippen LogP contribution in [0.1, 0.15) is 18.1 Å². The van der Waals surface area contributed by atoms with E-state index in [0.29, 0.717) is 24.3 Å². The second-order valence-corrected chi connectivity index (χ2v) is 6.76. The first kappa shape index (κ1) is 19.0. The summed E-state index contributed by atoms with van der Waals surface area (Å²) in [5.41, 5.74) is 9.70. The number of hydrogen-bond acceptors (Lipinski definition) is 4. The number of nitrogens with two attached hydrogens (primary N) is 1. The molecule has 27 heavy (non-hydrogen) atoms. The fraction of sp³-hybridized carbons (Fsp3) is 0.381. The zero-order valence-corrected chi connectivity index (χ0v) is 16.2. The summed E-state index contributed by atoms with van der Waals surface area (Å²) in [4.78, 5) is 6.98. The van der Waals surface area contributed by atoms with E-state index in [2.05, 4.69) is 46.4 Å². The lowest BCUT2D eigenvalue weighted by Gasteiger charge is -2.33. The minimum atomic E-state index is 0.311. The number of aliphatic imine (C=N–C) groups is 1. The maximum absolute atomic E-state index is 6.10. The largest absolute Gasteiger partial charge is 0.497 e. The average molecular weight is 368 g/mol. The second-order valence-electron chi connectivity index (χ2n) is 6.76. The number of methoxy groups -OCH3 is 2. The van der Waals surface area contributed by atoms with Gasteiger partial charge in [-0.1, -0.05) is 24.3 Å². The molecule has 2 aromatic carbocycles. The second kappa shape index (κ2) is 8.77. The highest BCUT2D eigenvalue weighted by atomic mass is 16.5. The number of ether oxygens (including phenoxy) is 2. The first-order valence-corrected chi connectivity index (χ1v) is 9.20. The minimum Gasteiger partial charge on any atom is -0.497 e. The van der Waals surface area contributed by atoms with Crippen molar-refractivity contribution in [2.75, 3.05) is 32.6 Å². The van der Waals surface area contributed by atoms with Gasteiger partial charge in [-0.25, -0.2) is 0 Å². The SMILES string of the molecule is COc1ccc(OC)c(NC(N)=NCC(C)N2CCc3ccccc3C2)c1. The van der Waals surface area contributed by atoms with Crippen molar-refractivity contribution >= 4 is 11.6 Å². The van der Waals surface area contributed by atoms with E-state index in [-0.39, 0.29) is 0 Å². The molecule has 1 heterocycles. The van der Waals surface area contributed by atoms with Gasteiger partial charge in [-0.2, -0.15) is 0 Å². The van der Waals surface area contributed by atoms with Crippen molar-refractivity contribution < 1.29 is 9.47 Å². The molecule has 6 heteroatoms. The van der Waals surface area contributed by atoms with Crippen molar-refractivity contribution in [1.29, 1.82) is 0 Å². The highest BCUT2D eigenvalue weighted by Crippen LogP contribution is 2.28. The van der Waals surface area contributed by atoms with Crippen LogP contribution in [0.15, 0.2) is 47.5 Å². The van der Waals surface area contributed by atoms with E-state index in [0.717, 1.165) is 30.9 Å². The van der Waals surface area contributed by atoms with E-state index in [1.165, 1.54) is 11.1 Å². The highest BCUT2D eigenvalue weighted by molar-refractivity contribution is 5.94. The lowest BCUT2D eigenvalue weighted by atomic mass is 9.99. The third-order valence-electron chi connectivity index (χ3n) is 4.98. The summed E-state index contributed by atoms with van der Waals surface area (Å²) < 4.78 is 10.6. The molecule has 0 aliphatic carbocycles. The van der Waals surface area contributed by atoms with Crippen molar-refractivity contribution in [1.82, 2.24) is 4.90 Å². The summed E-state index contributed by atoms with van der Waals surface area (Å²) in [5.74, 6) is 1.78. The van der Waals surface area contributed by atoms with Crippen LogP contribution in [0.3, 0.4) is 0 Å². The van der Waals surface area contributed by atoms with Gasteiger partial charge in [0.2, 0.25) is 0 Å². The van der Waals surface area contributed by atoms with Gasteiger partial charge in [0.25, 0.3) is 0 Å². The Balaban J connectivity index is 1.61. The predicted octanol–water partition coefficient (Wildman–Crippen LogP) is 2.88. The molecule has 1 atom stereocenters. The Kier molecular flexibility index (Phi) is 6.19. The fourth-order valence-electron chi connectivity index (χ4n) is 3.33. The van der Waals surface area contributed by atoms with E-state index in [9.17, 15) is 0 Å². The van der Waals surface area contributed by atoms with E-state index in [1.807, 2.05) is 18.2 Å². The summed E-state index contributed by atoms with van der Waals surface area (Å²) in [6.07, 6.45) is 1.08. The number of nitrogens with zero attached hydrogens (tertiary/aromatic N) is 2. The van der Waals surface area contributed by atoms with Crippen molar-refractivity contribution in [3.63, 3.8) is 0 Å². The lowest BCUT2D eigenvalue weighted by Crippen LogP contribution is -2.39. The lowest BCUT2D eigenvalue weighted by molar-refractivity contribution is 0.195. The maximum Gasteiger partial charge on any atom is 0.193 e. The first-order valence-electron chi connectivity index (χ1n) is 9.20. The van der Waals surface area contributed by atoms with Crippen LogP contribution in [-0.4, -0.2) is 44.2 Å². The van der Waals surface area contributed by atoms with Crippen molar-refractivity contribution in [2.45, 2.75) is 25.9 Å². The van der Waals surface area contributed by atoms with Crippen molar-refractivity contribution in [3.8, 4) is 11.5 Å². The predicted molar refractivity (Wildman–Crippen MR) is 110 cm³/mol. The number of nitrogens with one attached hydrogen (secondary N) is 1. The smallest absolute Gasteiger partial charge is 0.193 e. The molecule has 0 radical (unpaired) electrons. The number of guanidine groups is 1. The van der Waals surface area contributed by atoms with Crippen LogP contribution in [0.25, 0.3) is 0 Å². The molecule has 0 saturated heterocycles. The molecule has 3 rings (SSSR count). The van der Waals surface area contributed by atoms with Gasteiger partial charge in [-0.3, -0.25) is 9.89 Å². The minimum absolute atomic E-state index is 0.311. The zero-order valence-electron chi connectivity index (χ0n) is 16.2. The van der Waals surface area contributed by atoms with Gasteiger partial charge in [0.1, 0.15) is 11.5 Å². The molecule has 1 aliphatic heterocycles. The van der Waals surface area contributed by atoms with Gasteiger partial charge in [-0.05, 0) is 36.6 Å². The van der Waals surface area contributed by atoms with E-state index in [1.54, 1.807) is 14.2 Å². The Morgan fingerprint density at radius 2 is 1.96 bits per heavy atom. The third kappa shape index (κ3) is 4.71. The Hall–Kier alpha value is -2.73. The molecule has 0 saturated carbocycles. The maximum atomic E-state index is 6.10. The standard InChI is InChI=1S/C21H28N4O2/c1-15(25-11-10-16-6-4-5-7-17(16)14-25)13-23-21(22)24-19-12-18(26-2)8-9-20(19)27-3/h4-9,12,15H,10-11,13-14H2,1-3H3,(H3,22,23,24). The molecule has 1 aliphatic rings. The van der Waals surface area contributed by atoms with Crippen LogP contribution in [-0.2, 0) is 13.0 Å². The summed E-state index contributed by atoms with van der Waals surface area (Å²) in [5, 5.41) is 3.11. The molecule has 1 unspecified atom stereocenters. The van der Waals surface area contributed by atoms with Crippen LogP contribution < -0.4 is 20.5 Å². The van der Waals surface area contributed by atoms with Gasteiger partial charge in [0, 0.05) is 25.2 Å². The summed E-state index contributed by atoms with van der Waals surface area (Å²) in [6.45, 7) is 4.83. The summed E-state index contributed by atoms with van der Waals surface area (Å²) in [6, 6.07) is 14.5. The molecule has 2 aromatic rings. The Labute approximate surface area is 161 Å². The molecule has 0 amide bonds. The number of hydrogen-bond donors (Lipinski definition) is 2. The molecule has 0 aromatic heterocycles. The zero-order chi connectivity index (χ0) is 19.2. The van der Waals surface area contributed by atoms with Gasteiger partial charge in [-0.15, -0.1) is 0 Å². The van der Waals surface area contributed by atoms with Crippen LogP contribution in [0, 0.1) is 0 Å². The topological polar surface area (TPSA) is 72.1 Å². The van der Waals surface area contributed by atoms with Crippen molar-refractivity contribution in [3.05, 3.63) is 53.6 Å². The molecule has 6 nitrogen and oxygen atoms in total. The molecular formula is C21H28N4O2. The summed E-state index contributed by atoms with van der Waals surface area (Å²) >= 11 is 0. The molecule has 3 N–H and O–H groups in total. The summed E-state index contributed by atoms with van der Waals surface area (Å²) in [7, 11) is 3.25.